The first-order valence-electron chi connectivity index (χ1n) is 6.16. The molecule has 1 aromatic heterocycles. The highest BCUT2D eigenvalue weighted by Crippen LogP contribution is 2.22. The number of ether oxygens (including phenoxy) is 1. The van der Waals surface area contributed by atoms with E-state index in [4.69, 9.17) is 4.74 Å². The van der Waals surface area contributed by atoms with Crippen molar-refractivity contribution in [2.24, 2.45) is 0 Å². The van der Waals surface area contributed by atoms with Crippen LogP contribution < -0.4 is 10.3 Å². The van der Waals surface area contributed by atoms with Crippen molar-refractivity contribution >= 4 is 0 Å². The second-order valence-corrected chi connectivity index (χ2v) is 5.46. The fraction of sp³-hybridized carbons (Fsp3) is 0.333. The van der Waals surface area contributed by atoms with Crippen molar-refractivity contribution in [3.05, 3.63) is 46.5 Å². The van der Waals surface area contributed by atoms with Gasteiger partial charge in [-0.3, -0.25) is 4.79 Å². The van der Waals surface area contributed by atoms with Crippen molar-refractivity contribution in [2.75, 3.05) is 7.11 Å². The summed E-state index contributed by atoms with van der Waals surface area (Å²) in [5.74, 6) is 1.47. The number of hydrogen-bond donors (Lipinski definition) is 1. The van der Waals surface area contributed by atoms with Crippen LogP contribution in [0.1, 0.15) is 26.6 Å². The lowest BCUT2D eigenvalue weighted by molar-refractivity contribution is 0.415. The Morgan fingerprint density at radius 2 is 1.79 bits per heavy atom. The summed E-state index contributed by atoms with van der Waals surface area (Å²) in [5.41, 5.74) is 1.25. The molecule has 2 aromatic rings. The molecule has 0 aliphatic heterocycles. The molecule has 0 bridgehead atoms. The van der Waals surface area contributed by atoms with Gasteiger partial charge in [0.1, 0.15) is 11.6 Å². The van der Waals surface area contributed by atoms with E-state index in [9.17, 15) is 4.79 Å². The largest absolute Gasteiger partial charge is 0.497 e. The van der Waals surface area contributed by atoms with Gasteiger partial charge in [-0.25, -0.2) is 4.98 Å². The summed E-state index contributed by atoms with van der Waals surface area (Å²) in [4.78, 5) is 19.1. The first kappa shape index (κ1) is 13.3. The molecule has 1 heterocycles. The minimum Gasteiger partial charge on any atom is -0.497 e. The van der Waals surface area contributed by atoms with Crippen molar-refractivity contribution in [2.45, 2.75) is 26.2 Å². The van der Waals surface area contributed by atoms with Crippen LogP contribution in [0.25, 0.3) is 11.3 Å². The summed E-state index contributed by atoms with van der Waals surface area (Å²) in [7, 11) is 1.62. The third-order valence-corrected chi connectivity index (χ3v) is 2.84. The Balaban J connectivity index is 2.49. The smallest absolute Gasteiger partial charge is 0.251 e. The Labute approximate surface area is 112 Å². The maximum atomic E-state index is 11.7. The van der Waals surface area contributed by atoms with Crippen molar-refractivity contribution in [1.29, 1.82) is 0 Å². The molecular weight excluding hydrogens is 240 g/mol. The molecule has 0 saturated heterocycles. The molecule has 2 rings (SSSR count). The number of hydrogen-bond acceptors (Lipinski definition) is 3. The zero-order valence-corrected chi connectivity index (χ0v) is 11.7. The van der Waals surface area contributed by atoms with Gasteiger partial charge in [0.15, 0.2) is 0 Å². The van der Waals surface area contributed by atoms with E-state index in [2.05, 4.69) is 9.97 Å². The van der Waals surface area contributed by atoms with Crippen LogP contribution in [0.3, 0.4) is 0 Å². The monoisotopic (exact) mass is 258 g/mol. The van der Waals surface area contributed by atoms with E-state index in [1.54, 1.807) is 7.11 Å². The molecule has 0 atom stereocenters. The molecule has 4 heteroatoms. The summed E-state index contributed by atoms with van der Waals surface area (Å²) < 4.78 is 5.12. The molecule has 19 heavy (non-hydrogen) atoms. The van der Waals surface area contributed by atoms with Crippen LogP contribution in [-0.2, 0) is 5.41 Å². The summed E-state index contributed by atoms with van der Waals surface area (Å²) in [6.45, 7) is 6.05. The van der Waals surface area contributed by atoms with Gasteiger partial charge in [0.05, 0.1) is 12.8 Å². The van der Waals surface area contributed by atoms with E-state index in [0.29, 0.717) is 11.5 Å². The molecular formula is C15H18N2O2. The number of H-pyrrole nitrogens is 1. The van der Waals surface area contributed by atoms with Crippen molar-refractivity contribution in [3.63, 3.8) is 0 Å². The average molecular weight is 258 g/mol. The van der Waals surface area contributed by atoms with Gasteiger partial charge in [-0.2, -0.15) is 0 Å². The number of aromatic amines is 1. The van der Waals surface area contributed by atoms with E-state index in [-0.39, 0.29) is 11.0 Å². The lowest BCUT2D eigenvalue weighted by atomic mass is 9.95. The molecule has 4 nitrogen and oxygen atoms in total. The Morgan fingerprint density at radius 3 is 2.32 bits per heavy atom. The van der Waals surface area contributed by atoms with Gasteiger partial charge in [-0.05, 0) is 24.3 Å². The van der Waals surface area contributed by atoms with Crippen LogP contribution in [0.5, 0.6) is 5.75 Å². The SMILES string of the molecule is COc1ccc(-c2cc(=O)[nH]c(C(C)(C)C)n2)cc1. The molecule has 0 fully saturated rings. The normalized spacial score (nSPS) is 11.4. The molecule has 1 N–H and O–H groups in total. The maximum Gasteiger partial charge on any atom is 0.251 e. The zero-order chi connectivity index (χ0) is 14.0. The lowest BCUT2D eigenvalue weighted by Gasteiger charge is -2.17. The number of aromatic nitrogens is 2. The first-order valence-corrected chi connectivity index (χ1v) is 6.16. The first-order chi connectivity index (χ1) is 8.90. The summed E-state index contributed by atoms with van der Waals surface area (Å²) >= 11 is 0. The van der Waals surface area contributed by atoms with Gasteiger partial charge in [-0.15, -0.1) is 0 Å². The molecule has 0 spiro atoms. The predicted octanol–water partition coefficient (Wildman–Crippen LogP) is 2.74. The lowest BCUT2D eigenvalue weighted by Crippen LogP contribution is -2.21. The van der Waals surface area contributed by atoms with E-state index in [0.717, 1.165) is 11.3 Å². The highest BCUT2D eigenvalue weighted by molar-refractivity contribution is 5.59. The van der Waals surface area contributed by atoms with Gasteiger partial charge < -0.3 is 9.72 Å². The third-order valence-electron chi connectivity index (χ3n) is 2.84. The van der Waals surface area contributed by atoms with Crippen LogP contribution >= 0.6 is 0 Å². The molecule has 0 saturated carbocycles. The van der Waals surface area contributed by atoms with Gasteiger partial charge in [0.25, 0.3) is 5.56 Å². The minimum atomic E-state index is -0.193. The predicted molar refractivity (Wildman–Crippen MR) is 75.5 cm³/mol. The fourth-order valence-electron chi connectivity index (χ4n) is 1.72. The van der Waals surface area contributed by atoms with Crippen LogP contribution in [-0.4, -0.2) is 17.1 Å². The van der Waals surface area contributed by atoms with Crippen molar-refractivity contribution in [1.82, 2.24) is 9.97 Å². The molecule has 0 amide bonds. The van der Waals surface area contributed by atoms with E-state index < -0.39 is 0 Å². The number of methoxy groups -OCH3 is 1. The van der Waals surface area contributed by atoms with E-state index >= 15 is 0 Å². The number of nitrogens with one attached hydrogen (secondary N) is 1. The molecule has 1 aromatic carbocycles. The highest BCUT2D eigenvalue weighted by atomic mass is 16.5. The average Bonchev–Trinajstić information content (AvgIpc) is 2.37. The van der Waals surface area contributed by atoms with Crippen LogP contribution in [0.2, 0.25) is 0 Å². The highest BCUT2D eigenvalue weighted by Gasteiger charge is 2.17. The second-order valence-electron chi connectivity index (χ2n) is 5.46. The summed E-state index contributed by atoms with van der Waals surface area (Å²) in [5, 5.41) is 0. The maximum absolute atomic E-state index is 11.7. The van der Waals surface area contributed by atoms with Gasteiger partial charge in [0, 0.05) is 17.0 Å². The fourth-order valence-corrected chi connectivity index (χ4v) is 1.72. The van der Waals surface area contributed by atoms with Crippen LogP contribution in [0.15, 0.2) is 35.1 Å². The van der Waals surface area contributed by atoms with Crippen molar-refractivity contribution in [3.8, 4) is 17.0 Å². The standard InChI is InChI=1S/C15H18N2O2/c1-15(2,3)14-16-12(9-13(18)17-14)10-5-7-11(19-4)8-6-10/h5-9H,1-4H3,(H,16,17,18). The van der Waals surface area contributed by atoms with Gasteiger partial charge >= 0.3 is 0 Å². The third kappa shape index (κ3) is 3.02. The zero-order valence-electron chi connectivity index (χ0n) is 11.7. The van der Waals surface area contributed by atoms with E-state index in [1.807, 2.05) is 45.0 Å². The summed E-state index contributed by atoms with van der Waals surface area (Å²) in [6, 6.07) is 9.01. The number of benzene rings is 1. The Morgan fingerprint density at radius 1 is 1.16 bits per heavy atom. The van der Waals surface area contributed by atoms with Gasteiger partial charge in [0.2, 0.25) is 0 Å². The quantitative estimate of drug-likeness (QED) is 0.901. The number of nitrogens with zero attached hydrogens (tertiary/aromatic N) is 1. The second kappa shape index (κ2) is 4.88. The minimum absolute atomic E-state index is 0.134. The molecule has 0 aliphatic carbocycles. The van der Waals surface area contributed by atoms with Crippen LogP contribution in [0.4, 0.5) is 0 Å². The topological polar surface area (TPSA) is 55.0 Å². The molecule has 0 aliphatic rings. The molecule has 0 radical (unpaired) electrons. The van der Waals surface area contributed by atoms with E-state index in [1.165, 1.54) is 6.07 Å². The Kier molecular flexibility index (Phi) is 3.42. The van der Waals surface area contributed by atoms with Crippen LogP contribution in [0, 0.1) is 0 Å². The number of rotatable bonds is 2. The molecule has 0 unspecified atom stereocenters. The summed E-state index contributed by atoms with van der Waals surface area (Å²) in [6.07, 6.45) is 0. The Hall–Kier alpha value is -2.10. The molecule has 100 valence electrons. The Bertz CT molecular complexity index is 622. The van der Waals surface area contributed by atoms with Crippen molar-refractivity contribution < 1.29 is 4.74 Å². The van der Waals surface area contributed by atoms with Gasteiger partial charge in [-0.1, -0.05) is 20.8 Å².